The molecule has 0 aliphatic rings. The van der Waals surface area contributed by atoms with Gasteiger partial charge in [0.25, 0.3) is 0 Å². The number of rotatable bonds is 4. The maximum Gasteiger partial charge on any atom is 0.416 e. The van der Waals surface area contributed by atoms with Crippen LogP contribution < -0.4 is 5.32 Å². The quantitative estimate of drug-likeness (QED) is 0.834. The SMILES string of the molecule is FC(F)(F)c1ccc(CNCc2ccc(Br)s2)cc1. The number of hydrogen-bond donors (Lipinski definition) is 1. The van der Waals surface area contributed by atoms with E-state index in [4.69, 9.17) is 0 Å². The third-order valence-electron chi connectivity index (χ3n) is 2.54. The van der Waals surface area contributed by atoms with E-state index in [1.54, 1.807) is 11.3 Å². The van der Waals surface area contributed by atoms with Crippen LogP contribution in [0.5, 0.6) is 0 Å². The first kappa shape index (κ1) is 14.6. The van der Waals surface area contributed by atoms with Crippen LogP contribution in [0.2, 0.25) is 0 Å². The molecule has 1 nitrogen and oxygen atoms in total. The van der Waals surface area contributed by atoms with E-state index in [1.807, 2.05) is 12.1 Å². The van der Waals surface area contributed by atoms with Gasteiger partial charge in [0.05, 0.1) is 9.35 Å². The highest BCUT2D eigenvalue weighted by Crippen LogP contribution is 2.29. The molecule has 0 spiro atoms. The molecule has 1 N–H and O–H groups in total. The molecule has 0 aliphatic heterocycles. The van der Waals surface area contributed by atoms with Crippen molar-refractivity contribution >= 4 is 27.3 Å². The zero-order valence-corrected chi connectivity index (χ0v) is 12.2. The van der Waals surface area contributed by atoms with Crippen molar-refractivity contribution in [3.05, 3.63) is 56.2 Å². The van der Waals surface area contributed by atoms with Gasteiger partial charge in [0.1, 0.15) is 0 Å². The normalized spacial score (nSPS) is 11.8. The third-order valence-corrected chi connectivity index (χ3v) is 4.16. The van der Waals surface area contributed by atoms with E-state index in [0.29, 0.717) is 13.1 Å². The largest absolute Gasteiger partial charge is 0.416 e. The fourth-order valence-electron chi connectivity index (χ4n) is 1.59. The lowest BCUT2D eigenvalue weighted by Gasteiger charge is -2.08. The van der Waals surface area contributed by atoms with Crippen LogP contribution in [-0.2, 0) is 19.3 Å². The van der Waals surface area contributed by atoms with E-state index >= 15 is 0 Å². The van der Waals surface area contributed by atoms with Crippen molar-refractivity contribution in [2.75, 3.05) is 0 Å². The fourth-order valence-corrected chi connectivity index (χ4v) is 3.04. The molecule has 2 aromatic rings. The summed E-state index contributed by atoms with van der Waals surface area (Å²) in [6, 6.07) is 9.20. The number of benzene rings is 1. The molecule has 102 valence electrons. The van der Waals surface area contributed by atoms with Crippen molar-refractivity contribution in [1.29, 1.82) is 0 Å². The van der Waals surface area contributed by atoms with Gasteiger partial charge >= 0.3 is 6.18 Å². The molecule has 0 bridgehead atoms. The minimum absolute atomic E-state index is 0.549. The van der Waals surface area contributed by atoms with Gasteiger partial charge in [-0.25, -0.2) is 0 Å². The van der Waals surface area contributed by atoms with Crippen molar-refractivity contribution in [1.82, 2.24) is 5.32 Å². The molecular formula is C13H11BrF3NS. The van der Waals surface area contributed by atoms with Crippen LogP contribution in [0, 0.1) is 0 Å². The molecule has 19 heavy (non-hydrogen) atoms. The van der Waals surface area contributed by atoms with E-state index in [-0.39, 0.29) is 0 Å². The van der Waals surface area contributed by atoms with E-state index in [2.05, 4.69) is 21.2 Å². The Bertz CT molecular complexity index is 534. The van der Waals surface area contributed by atoms with Crippen LogP contribution in [-0.4, -0.2) is 0 Å². The Morgan fingerprint density at radius 3 is 2.21 bits per heavy atom. The highest BCUT2D eigenvalue weighted by molar-refractivity contribution is 9.11. The van der Waals surface area contributed by atoms with Crippen LogP contribution in [0.4, 0.5) is 13.2 Å². The van der Waals surface area contributed by atoms with Crippen molar-refractivity contribution in [3.8, 4) is 0 Å². The Morgan fingerprint density at radius 2 is 1.68 bits per heavy atom. The summed E-state index contributed by atoms with van der Waals surface area (Å²) in [5, 5.41) is 3.20. The van der Waals surface area contributed by atoms with Crippen molar-refractivity contribution in [2.24, 2.45) is 0 Å². The minimum Gasteiger partial charge on any atom is -0.308 e. The summed E-state index contributed by atoms with van der Waals surface area (Å²) >= 11 is 5.01. The van der Waals surface area contributed by atoms with Gasteiger partial charge in [-0.2, -0.15) is 13.2 Å². The second kappa shape index (κ2) is 6.07. The first-order valence-corrected chi connectivity index (χ1v) is 7.17. The standard InChI is InChI=1S/C13H11BrF3NS/c14-12-6-5-11(19-12)8-18-7-9-1-3-10(4-2-9)13(15,16)17/h1-6,18H,7-8H2. The van der Waals surface area contributed by atoms with E-state index in [1.165, 1.54) is 17.0 Å². The van der Waals surface area contributed by atoms with Crippen LogP contribution in [0.25, 0.3) is 0 Å². The second-order valence-electron chi connectivity index (χ2n) is 4.00. The topological polar surface area (TPSA) is 12.0 Å². The molecule has 0 fully saturated rings. The second-order valence-corrected chi connectivity index (χ2v) is 6.55. The number of alkyl halides is 3. The maximum absolute atomic E-state index is 12.4. The van der Waals surface area contributed by atoms with Gasteiger partial charge in [-0.15, -0.1) is 11.3 Å². The lowest BCUT2D eigenvalue weighted by Crippen LogP contribution is -2.12. The molecule has 0 atom stereocenters. The van der Waals surface area contributed by atoms with Gasteiger partial charge in [0.2, 0.25) is 0 Å². The fraction of sp³-hybridized carbons (Fsp3) is 0.231. The van der Waals surface area contributed by atoms with Crippen LogP contribution in [0.1, 0.15) is 16.0 Å². The predicted octanol–water partition coefficient (Wildman–Crippen LogP) is 4.82. The molecular weight excluding hydrogens is 339 g/mol. The van der Waals surface area contributed by atoms with Crippen LogP contribution in [0.3, 0.4) is 0 Å². The summed E-state index contributed by atoms with van der Waals surface area (Å²) in [4.78, 5) is 1.18. The molecule has 6 heteroatoms. The average Bonchev–Trinajstić information content (AvgIpc) is 2.75. The van der Waals surface area contributed by atoms with E-state index in [9.17, 15) is 13.2 Å². The lowest BCUT2D eigenvalue weighted by atomic mass is 10.1. The summed E-state index contributed by atoms with van der Waals surface area (Å²) in [6.45, 7) is 1.25. The number of thiophene rings is 1. The lowest BCUT2D eigenvalue weighted by molar-refractivity contribution is -0.137. The summed E-state index contributed by atoms with van der Waals surface area (Å²) in [5.41, 5.74) is 0.224. The summed E-state index contributed by atoms with van der Waals surface area (Å²) in [7, 11) is 0. The van der Waals surface area contributed by atoms with Crippen LogP contribution in [0.15, 0.2) is 40.2 Å². The van der Waals surface area contributed by atoms with Crippen molar-refractivity contribution in [3.63, 3.8) is 0 Å². The Labute approximate surface area is 121 Å². The molecule has 0 radical (unpaired) electrons. The predicted molar refractivity (Wildman–Crippen MR) is 74.0 cm³/mol. The molecule has 1 heterocycles. The molecule has 0 saturated heterocycles. The summed E-state index contributed by atoms with van der Waals surface area (Å²) in [6.07, 6.45) is -4.27. The maximum atomic E-state index is 12.4. The minimum atomic E-state index is -4.27. The Hall–Kier alpha value is -0.850. The van der Waals surface area contributed by atoms with Gasteiger partial charge in [0, 0.05) is 18.0 Å². The van der Waals surface area contributed by atoms with Crippen molar-refractivity contribution < 1.29 is 13.2 Å². The third kappa shape index (κ3) is 4.33. The van der Waals surface area contributed by atoms with Gasteiger partial charge in [-0.1, -0.05) is 12.1 Å². The zero-order chi connectivity index (χ0) is 13.9. The van der Waals surface area contributed by atoms with E-state index < -0.39 is 11.7 Å². The van der Waals surface area contributed by atoms with Crippen molar-refractivity contribution in [2.45, 2.75) is 19.3 Å². The average molecular weight is 350 g/mol. The van der Waals surface area contributed by atoms with Gasteiger partial charge in [0.15, 0.2) is 0 Å². The molecule has 1 aromatic carbocycles. The Kier molecular flexibility index (Phi) is 4.65. The number of halogens is 4. The van der Waals surface area contributed by atoms with Gasteiger partial charge in [-0.3, -0.25) is 0 Å². The van der Waals surface area contributed by atoms with Crippen LogP contribution >= 0.6 is 27.3 Å². The first-order chi connectivity index (χ1) is 8.95. The summed E-state index contributed by atoms with van der Waals surface area (Å²) < 4.78 is 38.2. The zero-order valence-electron chi connectivity index (χ0n) is 9.80. The number of nitrogens with one attached hydrogen (secondary N) is 1. The number of hydrogen-bond acceptors (Lipinski definition) is 2. The molecule has 2 rings (SSSR count). The van der Waals surface area contributed by atoms with Gasteiger partial charge in [-0.05, 0) is 45.8 Å². The molecule has 0 aliphatic carbocycles. The first-order valence-electron chi connectivity index (χ1n) is 5.56. The molecule has 1 aromatic heterocycles. The van der Waals surface area contributed by atoms with Gasteiger partial charge < -0.3 is 5.32 Å². The molecule has 0 saturated carbocycles. The highest BCUT2D eigenvalue weighted by Gasteiger charge is 2.29. The Morgan fingerprint density at radius 1 is 1.00 bits per heavy atom. The molecule has 0 unspecified atom stereocenters. The molecule has 0 amide bonds. The Balaban J connectivity index is 1.86. The van der Waals surface area contributed by atoms with E-state index in [0.717, 1.165) is 21.5 Å². The smallest absolute Gasteiger partial charge is 0.308 e. The monoisotopic (exact) mass is 349 g/mol. The summed E-state index contributed by atoms with van der Waals surface area (Å²) in [5.74, 6) is 0. The highest BCUT2D eigenvalue weighted by atomic mass is 79.9.